The largest absolute Gasteiger partial charge is 0.465 e. The fourth-order valence-electron chi connectivity index (χ4n) is 2.00. The smallest absolute Gasteiger partial charge is 0.325 e. The molecule has 19 heavy (non-hydrogen) atoms. The minimum Gasteiger partial charge on any atom is -0.465 e. The number of nitrogens with two attached hydrogens (primary N) is 1. The Balaban J connectivity index is 2.45. The van der Waals surface area contributed by atoms with Crippen LogP contribution < -0.4 is 5.73 Å². The number of ether oxygens (including phenoxy) is 1. The number of carbonyl (C=O) groups is 1. The fraction of sp³-hybridized carbons (Fsp3) is 0.917. The molecule has 0 amide bonds. The summed E-state index contributed by atoms with van der Waals surface area (Å²) in [4.78, 5) is 13.7. The van der Waals surface area contributed by atoms with Gasteiger partial charge in [-0.3, -0.25) is 4.79 Å². The summed E-state index contributed by atoms with van der Waals surface area (Å²) in [5, 5.41) is 0. The fourth-order valence-corrected chi connectivity index (χ4v) is 3.31. The first-order chi connectivity index (χ1) is 8.77. The molecule has 0 radical (unpaired) electrons. The van der Waals surface area contributed by atoms with Crippen LogP contribution in [0.5, 0.6) is 0 Å². The molecule has 1 unspecified atom stereocenters. The summed E-state index contributed by atoms with van der Waals surface area (Å²) in [6.07, 6.45) is 1.11. The first-order valence-corrected chi connectivity index (χ1v) is 8.48. The SMILES string of the molecule is CCOC(=O)C(C)(N)CCN1CCCS(=O)(=O)CC1. The maximum absolute atomic E-state index is 11.6. The Morgan fingerprint density at radius 2 is 2.05 bits per heavy atom. The van der Waals surface area contributed by atoms with Crippen LogP contribution in [0.15, 0.2) is 0 Å². The third kappa shape index (κ3) is 5.46. The summed E-state index contributed by atoms with van der Waals surface area (Å²) in [7, 11) is -2.90. The van der Waals surface area contributed by atoms with Crippen molar-refractivity contribution in [3.05, 3.63) is 0 Å². The number of hydrogen-bond acceptors (Lipinski definition) is 6. The van der Waals surface area contributed by atoms with Crippen LogP contribution in [0.3, 0.4) is 0 Å². The third-order valence-corrected chi connectivity index (χ3v) is 5.05. The molecule has 0 saturated carbocycles. The van der Waals surface area contributed by atoms with Gasteiger partial charge in [-0.2, -0.15) is 0 Å². The van der Waals surface area contributed by atoms with Crippen LogP contribution in [0.2, 0.25) is 0 Å². The highest BCUT2D eigenvalue weighted by Crippen LogP contribution is 2.12. The van der Waals surface area contributed by atoms with E-state index in [1.54, 1.807) is 13.8 Å². The Bertz CT molecular complexity index is 406. The van der Waals surface area contributed by atoms with E-state index in [2.05, 4.69) is 4.90 Å². The molecule has 1 saturated heterocycles. The number of nitrogens with zero attached hydrogens (tertiary/aromatic N) is 1. The van der Waals surface area contributed by atoms with Crippen LogP contribution in [0.1, 0.15) is 26.7 Å². The molecule has 0 aromatic carbocycles. The number of hydrogen-bond donors (Lipinski definition) is 1. The van der Waals surface area contributed by atoms with Crippen molar-refractivity contribution in [2.45, 2.75) is 32.2 Å². The molecule has 0 aliphatic carbocycles. The van der Waals surface area contributed by atoms with Gasteiger partial charge in [0.25, 0.3) is 0 Å². The van der Waals surface area contributed by atoms with E-state index in [0.717, 1.165) is 6.54 Å². The van der Waals surface area contributed by atoms with Crippen molar-refractivity contribution >= 4 is 15.8 Å². The Hall–Kier alpha value is -0.660. The molecule has 1 aliphatic heterocycles. The summed E-state index contributed by atoms with van der Waals surface area (Å²) < 4.78 is 27.9. The highest BCUT2D eigenvalue weighted by Gasteiger charge is 2.30. The molecule has 1 atom stereocenters. The zero-order valence-electron chi connectivity index (χ0n) is 11.7. The van der Waals surface area contributed by atoms with E-state index in [-0.39, 0.29) is 11.5 Å². The molecular weight excluding hydrogens is 268 g/mol. The first kappa shape index (κ1) is 16.4. The summed E-state index contributed by atoms with van der Waals surface area (Å²) in [5.74, 6) is 0.0343. The maximum atomic E-state index is 11.6. The Morgan fingerprint density at radius 1 is 1.37 bits per heavy atom. The van der Waals surface area contributed by atoms with Gasteiger partial charge in [-0.25, -0.2) is 8.42 Å². The predicted molar refractivity (Wildman–Crippen MR) is 73.6 cm³/mol. The van der Waals surface area contributed by atoms with E-state index in [1.807, 2.05) is 0 Å². The van der Waals surface area contributed by atoms with Crippen LogP contribution in [0, 0.1) is 0 Å². The van der Waals surface area contributed by atoms with Gasteiger partial charge in [0, 0.05) is 13.1 Å². The van der Waals surface area contributed by atoms with Gasteiger partial charge in [-0.1, -0.05) is 0 Å². The van der Waals surface area contributed by atoms with Gasteiger partial charge < -0.3 is 15.4 Å². The lowest BCUT2D eigenvalue weighted by atomic mass is 9.99. The second-order valence-corrected chi connectivity index (χ2v) is 7.54. The Kier molecular flexibility index (Phi) is 5.76. The number of carbonyl (C=O) groups excluding carboxylic acids is 1. The molecule has 0 aromatic rings. The van der Waals surface area contributed by atoms with Crippen LogP contribution >= 0.6 is 0 Å². The van der Waals surface area contributed by atoms with Gasteiger partial charge in [0.1, 0.15) is 5.54 Å². The van der Waals surface area contributed by atoms with Crippen molar-refractivity contribution in [2.75, 3.05) is 37.7 Å². The highest BCUT2D eigenvalue weighted by atomic mass is 32.2. The quantitative estimate of drug-likeness (QED) is 0.705. The van der Waals surface area contributed by atoms with E-state index < -0.39 is 21.3 Å². The molecule has 2 N–H and O–H groups in total. The molecule has 7 heteroatoms. The Morgan fingerprint density at radius 3 is 2.68 bits per heavy atom. The van der Waals surface area contributed by atoms with Crippen molar-refractivity contribution in [1.29, 1.82) is 0 Å². The average molecular weight is 292 g/mol. The van der Waals surface area contributed by atoms with E-state index in [4.69, 9.17) is 10.5 Å². The molecule has 1 heterocycles. The molecule has 1 fully saturated rings. The van der Waals surface area contributed by atoms with E-state index in [1.165, 1.54) is 0 Å². The monoisotopic (exact) mass is 292 g/mol. The molecule has 112 valence electrons. The minimum atomic E-state index is -2.90. The van der Waals surface area contributed by atoms with Crippen molar-refractivity contribution in [3.63, 3.8) is 0 Å². The zero-order chi connectivity index (χ0) is 14.5. The van der Waals surface area contributed by atoms with Gasteiger partial charge in [0.15, 0.2) is 9.84 Å². The minimum absolute atomic E-state index is 0.188. The highest BCUT2D eigenvalue weighted by molar-refractivity contribution is 7.91. The first-order valence-electron chi connectivity index (χ1n) is 6.66. The van der Waals surface area contributed by atoms with Crippen LogP contribution in [0.4, 0.5) is 0 Å². The van der Waals surface area contributed by atoms with Crippen molar-refractivity contribution in [1.82, 2.24) is 4.90 Å². The van der Waals surface area contributed by atoms with Gasteiger partial charge in [0.2, 0.25) is 0 Å². The van der Waals surface area contributed by atoms with E-state index in [9.17, 15) is 13.2 Å². The van der Waals surface area contributed by atoms with Crippen LogP contribution in [-0.2, 0) is 19.4 Å². The average Bonchev–Trinajstić information content (AvgIpc) is 2.48. The molecule has 1 rings (SSSR count). The van der Waals surface area contributed by atoms with E-state index >= 15 is 0 Å². The Labute approximate surface area is 115 Å². The number of esters is 1. The predicted octanol–water partition coefficient (Wildman–Crippen LogP) is -0.222. The van der Waals surface area contributed by atoms with Crippen molar-refractivity contribution in [3.8, 4) is 0 Å². The summed E-state index contributed by atoms with van der Waals surface area (Å²) in [6.45, 7) is 5.57. The molecule has 1 aliphatic rings. The molecule has 0 bridgehead atoms. The van der Waals surface area contributed by atoms with Gasteiger partial charge in [0.05, 0.1) is 18.1 Å². The molecular formula is C12H24N2O4S. The maximum Gasteiger partial charge on any atom is 0.325 e. The number of rotatable bonds is 5. The summed E-state index contributed by atoms with van der Waals surface area (Å²) in [6, 6.07) is 0. The summed E-state index contributed by atoms with van der Waals surface area (Å²) >= 11 is 0. The second kappa shape index (κ2) is 6.67. The molecule has 0 spiro atoms. The number of sulfone groups is 1. The van der Waals surface area contributed by atoms with Gasteiger partial charge >= 0.3 is 5.97 Å². The lowest BCUT2D eigenvalue weighted by Gasteiger charge is -2.26. The van der Waals surface area contributed by atoms with Crippen LogP contribution in [-0.4, -0.2) is 62.6 Å². The van der Waals surface area contributed by atoms with E-state index in [0.29, 0.717) is 32.5 Å². The lowest BCUT2D eigenvalue weighted by molar-refractivity contribution is -0.149. The normalized spacial score (nSPS) is 23.3. The van der Waals surface area contributed by atoms with Gasteiger partial charge in [-0.15, -0.1) is 0 Å². The third-order valence-electron chi connectivity index (χ3n) is 3.34. The van der Waals surface area contributed by atoms with Gasteiger partial charge in [-0.05, 0) is 33.2 Å². The van der Waals surface area contributed by atoms with Crippen molar-refractivity contribution in [2.24, 2.45) is 5.73 Å². The lowest BCUT2D eigenvalue weighted by Crippen LogP contribution is -2.48. The standard InChI is InChI=1S/C12H24N2O4S/c1-3-18-11(15)12(2,13)5-7-14-6-4-9-19(16,17)10-8-14/h3-10,13H2,1-2H3. The topological polar surface area (TPSA) is 89.7 Å². The molecule has 0 aromatic heterocycles. The molecule has 6 nitrogen and oxygen atoms in total. The van der Waals surface area contributed by atoms with Crippen LogP contribution in [0.25, 0.3) is 0 Å². The summed E-state index contributed by atoms with van der Waals surface area (Å²) in [5.41, 5.74) is 4.92. The van der Waals surface area contributed by atoms with Crippen molar-refractivity contribution < 1.29 is 17.9 Å². The zero-order valence-corrected chi connectivity index (χ0v) is 12.5. The second-order valence-electron chi connectivity index (χ2n) is 5.23.